The van der Waals surface area contributed by atoms with Crippen LogP contribution in [0.25, 0.3) is 0 Å². The molecule has 2 aliphatic carbocycles. The lowest BCUT2D eigenvalue weighted by Crippen LogP contribution is -2.44. The highest BCUT2D eigenvalue weighted by Gasteiger charge is 2.41. The molecule has 3 fully saturated rings. The molecule has 0 radical (unpaired) electrons. The molecule has 0 bridgehead atoms. The first-order chi connectivity index (χ1) is 13.2. The predicted octanol–water partition coefficient (Wildman–Crippen LogP) is 4.08. The molecule has 29 heavy (non-hydrogen) atoms. The van der Waals surface area contributed by atoms with Gasteiger partial charge in [0, 0.05) is 24.0 Å². The van der Waals surface area contributed by atoms with Gasteiger partial charge in [-0.1, -0.05) is 11.3 Å². The summed E-state index contributed by atoms with van der Waals surface area (Å²) in [6.07, 6.45) is 6.57. The molecular weight excluding hydrogens is 449 g/mol. The molecule has 0 unspecified atom stereocenters. The van der Waals surface area contributed by atoms with Crippen LogP contribution in [-0.4, -0.2) is 52.2 Å². The smallest absolute Gasteiger partial charge is 0.267 e. The topological polar surface area (TPSA) is 70.1 Å². The summed E-state index contributed by atoms with van der Waals surface area (Å²) >= 11 is 2.92. The van der Waals surface area contributed by atoms with E-state index in [0.29, 0.717) is 23.1 Å². The van der Waals surface area contributed by atoms with Gasteiger partial charge in [-0.2, -0.15) is 0 Å². The highest BCUT2D eigenvalue weighted by atomic mass is 35.5. The zero-order valence-corrected chi connectivity index (χ0v) is 19.6. The molecule has 0 spiro atoms. The second-order valence-corrected chi connectivity index (χ2v) is 10.1. The predicted molar refractivity (Wildman–Crippen MR) is 123 cm³/mol. The molecule has 2 N–H and O–H groups in total. The minimum Gasteiger partial charge on any atom is -0.311 e. The van der Waals surface area contributed by atoms with Gasteiger partial charge in [0.05, 0.1) is 4.88 Å². The van der Waals surface area contributed by atoms with Crippen LogP contribution in [0.4, 0.5) is 5.13 Å². The number of nitrogens with one attached hydrogen (secondary N) is 2. The van der Waals surface area contributed by atoms with Crippen molar-refractivity contribution in [1.82, 2.24) is 20.4 Å². The number of aromatic nitrogens is 2. The largest absolute Gasteiger partial charge is 0.311 e. The molecule has 2 saturated carbocycles. The number of carbonyl (C=O) groups is 1. The summed E-state index contributed by atoms with van der Waals surface area (Å²) in [5.41, 5.74) is 1.30. The minimum absolute atomic E-state index is 0. The van der Waals surface area contributed by atoms with Crippen LogP contribution in [0.3, 0.4) is 0 Å². The standard InChI is InChI=1S/C19H25N5OS2.2ClH/c1-11-22-23-19(27-11)21-18(25)17-8-12(10-26-17)15-9-16(15)20-13-4-6-24(7-5-13)14-2-3-14;;/h8,10,13-16,20H,2-7,9H2,1H3,(H,21,23,25);2*1H/t15-,16+;;/m1../s1. The highest BCUT2D eigenvalue weighted by molar-refractivity contribution is 7.15. The van der Waals surface area contributed by atoms with Gasteiger partial charge < -0.3 is 10.2 Å². The second kappa shape index (κ2) is 9.58. The lowest BCUT2D eigenvalue weighted by molar-refractivity contribution is 0.103. The molecular formula is C19H27Cl2N5OS2. The zero-order chi connectivity index (χ0) is 18.4. The van der Waals surface area contributed by atoms with E-state index >= 15 is 0 Å². The van der Waals surface area contributed by atoms with Crippen molar-refractivity contribution >= 4 is 58.5 Å². The third-order valence-electron chi connectivity index (χ3n) is 5.85. The van der Waals surface area contributed by atoms with E-state index in [1.54, 1.807) is 0 Å². The van der Waals surface area contributed by atoms with Gasteiger partial charge in [0.15, 0.2) is 0 Å². The number of aryl methyl sites for hydroxylation is 1. The van der Waals surface area contributed by atoms with Crippen LogP contribution in [-0.2, 0) is 0 Å². The fraction of sp³-hybridized carbons (Fsp3) is 0.632. The average molecular weight is 476 g/mol. The Labute approximate surface area is 191 Å². The summed E-state index contributed by atoms with van der Waals surface area (Å²) in [5, 5.41) is 18.2. The Kier molecular flexibility index (Phi) is 7.56. The van der Waals surface area contributed by atoms with Crippen LogP contribution >= 0.6 is 47.5 Å². The van der Waals surface area contributed by atoms with Crippen LogP contribution in [0.15, 0.2) is 11.4 Å². The summed E-state index contributed by atoms with van der Waals surface area (Å²) in [5.74, 6) is 0.480. The Morgan fingerprint density at radius 1 is 1.17 bits per heavy atom. The van der Waals surface area contributed by atoms with Gasteiger partial charge in [-0.3, -0.25) is 10.1 Å². The van der Waals surface area contributed by atoms with Crippen LogP contribution in [0.5, 0.6) is 0 Å². The molecule has 160 valence electrons. The van der Waals surface area contributed by atoms with Crippen molar-refractivity contribution in [2.75, 3.05) is 18.4 Å². The number of thiophene rings is 1. The molecule has 3 aliphatic rings. The first kappa shape index (κ1) is 22.9. The van der Waals surface area contributed by atoms with E-state index in [4.69, 9.17) is 0 Å². The van der Waals surface area contributed by atoms with Gasteiger partial charge in [0.1, 0.15) is 5.01 Å². The van der Waals surface area contributed by atoms with Gasteiger partial charge >= 0.3 is 0 Å². The number of carbonyl (C=O) groups excluding carboxylic acids is 1. The van der Waals surface area contributed by atoms with Crippen LogP contribution in [0, 0.1) is 6.92 Å². The number of hydrogen-bond donors (Lipinski definition) is 2. The molecule has 10 heteroatoms. The van der Waals surface area contributed by atoms with Crippen LogP contribution in [0.1, 0.15) is 58.3 Å². The monoisotopic (exact) mass is 475 g/mol. The van der Waals surface area contributed by atoms with Crippen molar-refractivity contribution in [2.45, 2.75) is 63.1 Å². The van der Waals surface area contributed by atoms with Crippen molar-refractivity contribution in [3.8, 4) is 0 Å². The van der Waals surface area contributed by atoms with Crippen LogP contribution in [0.2, 0.25) is 0 Å². The van der Waals surface area contributed by atoms with E-state index < -0.39 is 0 Å². The van der Waals surface area contributed by atoms with E-state index in [-0.39, 0.29) is 30.7 Å². The number of piperidine rings is 1. The summed E-state index contributed by atoms with van der Waals surface area (Å²) < 4.78 is 0. The summed E-state index contributed by atoms with van der Waals surface area (Å²) in [7, 11) is 0. The molecule has 2 aromatic rings. The van der Waals surface area contributed by atoms with E-state index in [2.05, 4.69) is 37.2 Å². The summed E-state index contributed by atoms with van der Waals surface area (Å²) in [6, 6.07) is 4.20. The first-order valence-electron chi connectivity index (χ1n) is 9.85. The number of amides is 1. The van der Waals surface area contributed by atoms with Crippen molar-refractivity contribution in [3.05, 3.63) is 26.9 Å². The number of nitrogens with zero attached hydrogens (tertiary/aromatic N) is 3. The lowest BCUT2D eigenvalue weighted by Gasteiger charge is -2.32. The summed E-state index contributed by atoms with van der Waals surface area (Å²) in [4.78, 5) is 15.8. The number of hydrogen-bond acceptors (Lipinski definition) is 7. The molecule has 2 aromatic heterocycles. The molecule has 3 heterocycles. The van der Waals surface area contributed by atoms with Crippen molar-refractivity contribution in [1.29, 1.82) is 0 Å². The lowest BCUT2D eigenvalue weighted by atomic mass is 10.0. The number of anilines is 1. The number of halogens is 2. The van der Waals surface area contributed by atoms with Crippen molar-refractivity contribution in [2.24, 2.45) is 0 Å². The fourth-order valence-electron chi connectivity index (χ4n) is 4.09. The first-order valence-corrected chi connectivity index (χ1v) is 11.6. The third-order valence-corrected chi connectivity index (χ3v) is 7.55. The molecule has 2 atom stereocenters. The molecule has 6 nitrogen and oxygen atoms in total. The van der Waals surface area contributed by atoms with Gasteiger partial charge in [-0.25, -0.2) is 0 Å². The quantitative estimate of drug-likeness (QED) is 0.658. The Hall–Kier alpha value is -0.770. The molecule has 0 aromatic carbocycles. The maximum absolute atomic E-state index is 12.4. The molecule has 1 amide bonds. The zero-order valence-electron chi connectivity index (χ0n) is 16.3. The molecule has 5 rings (SSSR count). The van der Waals surface area contributed by atoms with E-state index in [1.807, 2.05) is 6.92 Å². The minimum atomic E-state index is -0.0833. The second-order valence-electron chi connectivity index (χ2n) is 7.98. The third kappa shape index (κ3) is 5.48. The Balaban J connectivity index is 0.00000120. The Bertz CT molecular complexity index is 832. The van der Waals surface area contributed by atoms with Gasteiger partial charge in [0.25, 0.3) is 5.91 Å². The summed E-state index contributed by atoms with van der Waals surface area (Å²) in [6.45, 7) is 4.40. The van der Waals surface area contributed by atoms with Gasteiger partial charge in [-0.05, 0) is 69.1 Å². The Morgan fingerprint density at radius 3 is 2.59 bits per heavy atom. The molecule has 1 saturated heterocycles. The SMILES string of the molecule is Cc1nnc(NC(=O)c2cc([C@H]3C[C@@H]3NC3CCN(C4CC4)CC3)cs2)s1.Cl.Cl. The van der Waals surface area contributed by atoms with Crippen molar-refractivity contribution < 1.29 is 4.79 Å². The van der Waals surface area contributed by atoms with Crippen molar-refractivity contribution in [3.63, 3.8) is 0 Å². The van der Waals surface area contributed by atoms with E-state index in [9.17, 15) is 4.79 Å². The number of likely N-dealkylation sites (tertiary alicyclic amines) is 1. The van der Waals surface area contributed by atoms with Crippen LogP contribution < -0.4 is 10.6 Å². The average Bonchev–Trinajstić information content (AvgIpc) is 3.56. The van der Waals surface area contributed by atoms with E-state index in [1.165, 1.54) is 73.4 Å². The number of rotatable bonds is 6. The van der Waals surface area contributed by atoms with Gasteiger partial charge in [0.2, 0.25) is 5.13 Å². The molecule has 1 aliphatic heterocycles. The van der Waals surface area contributed by atoms with Gasteiger partial charge in [-0.15, -0.1) is 46.3 Å². The normalized spacial score (nSPS) is 24.4. The highest BCUT2D eigenvalue weighted by Crippen LogP contribution is 2.43. The maximum atomic E-state index is 12.4. The fourth-order valence-corrected chi connectivity index (χ4v) is 5.55. The van der Waals surface area contributed by atoms with E-state index in [0.717, 1.165) is 15.9 Å². The Morgan fingerprint density at radius 2 is 1.93 bits per heavy atom. The maximum Gasteiger partial charge on any atom is 0.267 e.